The number of alkyl halides is 1. The van der Waals surface area contributed by atoms with Crippen LogP contribution in [0.5, 0.6) is 5.75 Å². The predicted octanol–water partition coefficient (Wildman–Crippen LogP) is 4.49. The molecule has 2 aromatic rings. The third-order valence-corrected chi connectivity index (χ3v) is 7.66. The Morgan fingerprint density at radius 3 is 2.76 bits per heavy atom. The van der Waals surface area contributed by atoms with E-state index in [1.807, 2.05) is 24.3 Å². The van der Waals surface area contributed by atoms with Crippen LogP contribution in [0.1, 0.15) is 37.0 Å². The molecule has 1 saturated heterocycles. The molecular weight excluding hydrogens is 428 g/mol. The van der Waals surface area contributed by atoms with Gasteiger partial charge in [-0.2, -0.15) is 0 Å². The molecule has 0 spiro atoms. The first-order valence-corrected chi connectivity index (χ1v) is 11.5. The fraction of sp³-hybridized carbons (Fsp3) is 0.458. The van der Waals surface area contributed by atoms with E-state index in [2.05, 4.69) is 58.2 Å². The topological polar surface area (TPSA) is 52.6 Å². The average molecular weight is 457 g/mol. The van der Waals surface area contributed by atoms with Gasteiger partial charge in [-0.3, -0.25) is 9.69 Å². The molecule has 4 nitrogen and oxygen atoms in total. The van der Waals surface area contributed by atoms with Gasteiger partial charge in [0, 0.05) is 18.3 Å². The molecule has 1 aliphatic heterocycles. The number of phenols is 1. The van der Waals surface area contributed by atoms with Gasteiger partial charge in [-0.25, -0.2) is 0 Å². The first kappa shape index (κ1) is 20.4. The largest absolute Gasteiger partial charge is 0.508 e. The number of nitrogens with one attached hydrogen (secondary N) is 1. The molecule has 29 heavy (non-hydrogen) atoms. The lowest BCUT2D eigenvalue weighted by Gasteiger charge is -2.54. The molecule has 1 amide bonds. The Morgan fingerprint density at radius 1 is 1.28 bits per heavy atom. The second kappa shape index (κ2) is 8.11. The zero-order valence-corrected chi connectivity index (χ0v) is 18.7. The van der Waals surface area contributed by atoms with Crippen molar-refractivity contribution in [3.63, 3.8) is 0 Å². The number of likely N-dealkylation sites (tertiary alicyclic amines) is 1. The van der Waals surface area contributed by atoms with Crippen molar-refractivity contribution in [2.45, 2.75) is 44.6 Å². The van der Waals surface area contributed by atoms with Gasteiger partial charge in [0.15, 0.2) is 0 Å². The van der Waals surface area contributed by atoms with Gasteiger partial charge < -0.3 is 10.4 Å². The Bertz CT molecular complexity index is 898. The van der Waals surface area contributed by atoms with Gasteiger partial charge in [-0.05, 0) is 78.1 Å². The van der Waals surface area contributed by atoms with E-state index >= 15 is 0 Å². The summed E-state index contributed by atoms with van der Waals surface area (Å²) in [5.74, 6) is 0.912. The highest BCUT2D eigenvalue weighted by Crippen LogP contribution is 2.49. The van der Waals surface area contributed by atoms with Gasteiger partial charge in [0.25, 0.3) is 0 Å². The molecule has 1 aliphatic carbocycles. The van der Waals surface area contributed by atoms with Crippen LogP contribution in [0.15, 0.2) is 42.5 Å². The summed E-state index contributed by atoms with van der Waals surface area (Å²) in [7, 11) is 0. The normalized spacial score (nSPS) is 26.0. The van der Waals surface area contributed by atoms with E-state index < -0.39 is 0 Å². The van der Waals surface area contributed by atoms with Gasteiger partial charge in [0.2, 0.25) is 5.91 Å². The van der Waals surface area contributed by atoms with Crippen LogP contribution in [0.25, 0.3) is 0 Å². The standard InChI is InChI=1S/C24H29BrN2O2/c1-16-22-13-18-5-8-20(28)14-21(18)24(16,2)10-12-27(22)11-9-17-3-6-19(7-4-17)26-23(29)15-25/h3-8,14,16,22,28H,9-13,15H2,1-2H3,(H,26,29)/t16-,22+,24-/m1/s1. The summed E-state index contributed by atoms with van der Waals surface area (Å²) in [5.41, 5.74) is 5.02. The number of phenolic OH excluding ortho intramolecular Hbond substituents is 1. The van der Waals surface area contributed by atoms with Gasteiger partial charge in [0.1, 0.15) is 5.75 Å². The van der Waals surface area contributed by atoms with Crippen molar-refractivity contribution in [3.8, 4) is 5.75 Å². The molecule has 1 heterocycles. The second-order valence-corrected chi connectivity index (χ2v) is 9.29. The van der Waals surface area contributed by atoms with E-state index in [9.17, 15) is 9.90 Å². The van der Waals surface area contributed by atoms with E-state index in [1.165, 1.54) is 16.7 Å². The molecule has 0 unspecified atom stereocenters. The van der Waals surface area contributed by atoms with Crippen molar-refractivity contribution in [3.05, 3.63) is 59.2 Å². The van der Waals surface area contributed by atoms with Crippen LogP contribution in [-0.4, -0.2) is 40.4 Å². The van der Waals surface area contributed by atoms with Crippen LogP contribution in [0.4, 0.5) is 5.69 Å². The van der Waals surface area contributed by atoms with E-state index in [0.717, 1.165) is 38.0 Å². The number of anilines is 1. The maximum Gasteiger partial charge on any atom is 0.235 e. The maximum absolute atomic E-state index is 11.5. The Morgan fingerprint density at radius 2 is 2.03 bits per heavy atom. The first-order valence-electron chi connectivity index (χ1n) is 10.4. The number of hydrogen-bond acceptors (Lipinski definition) is 3. The number of nitrogens with zero attached hydrogens (tertiary/aromatic N) is 1. The summed E-state index contributed by atoms with van der Waals surface area (Å²) in [6.07, 6.45) is 3.19. The summed E-state index contributed by atoms with van der Waals surface area (Å²) < 4.78 is 0. The lowest BCUT2D eigenvalue weighted by atomic mass is 9.59. The minimum Gasteiger partial charge on any atom is -0.508 e. The van der Waals surface area contributed by atoms with Crippen LogP contribution < -0.4 is 5.32 Å². The number of piperidine rings is 1. The third kappa shape index (κ3) is 3.95. The summed E-state index contributed by atoms with van der Waals surface area (Å²) in [6, 6.07) is 14.7. The number of rotatable bonds is 5. The number of hydrogen-bond donors (Lipinski definition) is 2. The van der Waals surface area contributed by atoms with Gasteiger partial charge in [0.05, 0.1) is 5.33 Å². The summed E-state index contributed by atoms with van der Waals surface area (Å²) in [5, 5.41) is 13.2. The molecule has 0 saturated carbocycles. The van der Waals surface area contributed by atoms with Crippen molar-refractivity contribution in [1.29, 1.82) is 0 Å². The zero-order valence-electron chi connectivity index (χ0n) is 17.1. The first-order chi connectivity index (χ1) is 13.9. The lowest BCUT2D eigenvalue weighted by Crippen LogP contribution is -2.58. The predicted molar refractivity (Wildman–Crippen MR) is 121 cm³/mol. The number of amides is 1. The SMILES string of the molecule is C[C@@H]1[C@@H]2Cc3ccc(O)cc3[C@]1(C)CCN2CCc1ccc(NC(=O)CBr)cc1. The maximum atomic E-state index is 11.5. The number of carbonyl (C=O) groups is 1. The fourth-order valence-corrected chi connectivity index (χ4v) is 5.34. The van der Waals surface area contributed by atoms with E-state index in [1.54, 1.807) is 0 Å². The molecule has 2 bridgehead atoms. The number of carbonyl (C=O) groups excluding carboxylic acids is 1. The summed E-state index contributed by atoms with van der Waals surface area (Å²) in [4.78, 5) is 14.1. The smallest absolute Gasteiger partial charge is 0.235 e. The number of benzene rings is 2. The molecule has 2 N–H and O–H groups in total. The minimum absolute atomic E-state index is 0.0333. The molecule has 0 aromatic heterocycles. The Hall–Kier alpha value is -1.85. The Kier molecular flexibility index (Phi) is 5.71. The molecule has 5 heteroatoms. The van der Waals surface area contributed by atoms with Gasteiger partial charge in [-0.1, -0.05) is 48.0 Å². The summed E-state index contributed by atoms with van der Waals surface area (Å²) >= 11 is 3.17. The van der Waals surface area contributed by atoms with E-state index in [0.29, 0.717) is 23.0 Å². The lowest BCUT2D eigenvalue weighted by molar-refractivity contribution is -0.113. The van der Waals surface area contributed by atoms with Crippen LogP contribution in [0, 0.1) is 5.92 Å². The van der Waals surface area contributed by atoms with Crippen molar-refractivity contribution in [2.24, 2.45) is 5.92 Å². The van der Waals surface area contributed by atoms with Gasteiger partial charge >= 0.3 is 0 Å². The minimum atomic E-state index is -0.0333. The molecular formula is C24H29BrN2O2. The van der Waals surface area contributed by atoms with Crippen LogP contribution in [0.3, 0.4) is 0 Å². The molecule has 2 aromatic carbocycles. The zero-order chi connectivity index (χ0) is 20.6. The number of aromatic hydroxyl groups is 1. The molecule has 1 fully saturated rings. The van der Waals surface area contributed by atoms with Crippen LogP contribution in [0.2, 0.25) is 0 Å². The molecule has 2 aliphatic rings. The molecule has 3 atom stereocenters. The molecule has 154 valence electrons. The average Bonchev–Trinajstić information content (AvgIpc) is 2.71. The third-order valence-electron chi connectivity index (χ3n) is 7.15. The Labute approximate surface area is 181 Å². The van der Waals surface area contributed by atoms with Crippen LogP contribution >= 0.6 is 15.9 Å². The Balaban J connectivity index is 1.44. The number of halogens is 1. The van der Waals surface area contributed by atoms with E-state index in [4.69, 9.17) is 0 Å². The van der Waals surface area contributed by atoms with Gasteiger partial charge in [-0.15, -0.1) is 0 Å². The number of fused-ring (bicyclic) bond motifs is 4. The fourth-order valence-electron chi connectivity index (χ4n) is 5.19. The highest BCUT2D eigenvalue weighted by molar-refractivity contribution is 9.09. The molecule has 4 rings (SSSR count). The summed E-state index contributed by atoms with van der Waals surface area (Å²) in [6.45, 7) is 6.90. The quantitative estimate of drug-likeness (QED) is 0.651. The monoisotopic (exact) mass is 456 g/mol. The van der Waals surface area contributed by atoms with E-state index in [-0.39, 0.29) is 11.3 Å². The van der Waals surface area contributed by atoms with Crippen LogP contribution in [-0.2, 0) is 23.1 Å². The van der Waals surface area contributed by atoms with Crippen molar-refractivity contribution in [1.82, 2.24) is 4.90 Å². The second-order valence-electron chi connectivity index (χ2n) is 8.73. The highest BCUT2D eigenvalue weighted by atomic mass is 79.9. The van der Waals surface area contributed by atoms with Crippen molar-refractivity contribution >= 4 is 27.5 Å². The van der Waals surface area contributed by atoms with Crippen molar-refractivity contribution in [2.75, 3.05) is 23.7 Å². The highest BCUT2D eigenvalue weighted by Gasteiger charge is 2.48. The molecule has 0 radical (unpaired) electrons. The van der Waals surface area contributed by atoms with Crippen molar-refractivity contribution < 1.29 is 9.90 Å².